The average Bonchev–Trinajstić information content (AvgIpc) is 3.62. The molecule has 0 saturated carbocycles. The minimum Gasteiger partial charge on any atom is -0.379 e. The standard InChI is InChI=1S/C28H28F2N4O3S/c29-22-8-3-1-6-20(22)24-18-25(26-10-5-17-38-26)34(31-24)27(35)19-33(12-11-32-13-15-37-16-14-32)28(36)21-7-2-4-9-23(21)30/h1-10,17,25H,11-16,18-19H2. The molecule has 1 saturated heterocycles. The van der Waals surface area contributed by atoms with Crippen molar-refractivity contribution in [3.63, 3.8) is 0 Å². The van der Waals surface area contributed by atoms with Crippen molar-refractivity contribution in [1.82, 2.24) is 14.8 Å². The van der Waals surface area contributed by atoms with E-state index in [-0.39, 0.29) is 18.7 Å². The Labute approximate surface area is 223 Å². The van der Waals surface area contributed by atoms with Gasteiger partial charge in [-0.2, -0.15) is 5.10 Å². The van der Waals surface area contributed by atoms with Crippen molar-refractivity contribution >= 4 is 28.9 Å². The number of carbonyl (C=O) groups excluding carboxylic acids is 2. The topological polar surface area (TPSA) is 65.5 Å². The summed E-state index contributed by atoms with van der Waals surface area (Å²) in [4.78, 5) is 31.6. The molecule has 2 aromatic carbocycles. The summed E-state index contributed by atoms with van der Waals surface area (Å²) in [7, 11) is 0. The molecule has 1 aromatic heterocycles. The lowest BCUT2D eigenvalue weighted by atomic mass is 10.0. The molecular weight excluding hydrogens is 510 g/mol. The molecule has 2 aliphatic rings. The molecule has 1 unspecified atom stereocenters. The summed E-state index contributed by atoms with van der Waals surface area (Å²) in [5.41, 5.74) is 0.722. The van der Waals surface area contributed by atoms with Gasteiger partial charge in [0.2, 0.25) is 0 Å². The molecule has 2 amide bonds. The zero-order valence-electron chi connectivity index (χ0n) is 20.8. The first kappa shape index (κ1) is 26.1. The predicted molar refractivity (Wildman–Crippen MR) is 141 cm³/mol. The van der Waals surface area contributed by atoms with Crippen LogP contribution in [0.5, 0.6) is 0 Å². The van der Waals surface area contributed by atoms with Crippen molar-refractivity contribution in [2.24, 2.45) is 5.10 Å². The molecule has 2 aliphatic heterocycles. The Morgan fingerprint density at radius 1 is 1.00 bits per heavy atom. The van der Waals surface area contributed by atoms with Gasteiger partial charge in [-0.25, -0.2) is 13.8 Å². The molecule has 1 fully saturated rings. The molecule has 0 N–H and O–H groups in total. The molecule has 0 aliphatic carbocycles. The van der Waals surface area contributed by atoms with Gasteiger partial charge in [-0.05, 0) is 29.6 Å². The summed E-state index contributed by atoms with van der Waals surface area (Å²) < 4.78 is 34.5. The largest absolute Gasteiger partial charge is 0.379 e. The normalized spacial score (nSPS) is 17.9. The van der Waals surface area contributed by atoms with E-state index in [2.05, 4.69) is 10.0 Å². The molecule has 0 spiro atoms. The van der Waals surface area contributed by atoms with Gasteiger partial charge < -0.3 is 9.64 Å². The van der Waals surface area contributed by atoms with Gasteiger partial charge in [0.1, 0.15) is 18.2 Å². The SMILES string of the molecule is O=C(c1ccccc1F)N(CCN1CCOCC1)CC(=O)N1N=C(c2ccccc2F)CC1c1cccs1. The molecule has 7 nitrogen and oxygen atoms in total. The van der Waals surface area contributed by atoms with E-state index in [9.17, 15) is 18.4 Å². The van der Waals surface area contributed by atoms with Crippen LogP contribution in [-0.4, -0.2) is 78.3 Å². The molecule has 38 heavy (non-hydrogen) atoms. The van der Waals surface area contributed by atoms with Crippen LogP contribution in [0.1, 0.15) is 33.3 Å². The number of hydrogen-bond donors (Lipinski definition) is 0. The maximum Gasteiger partial charge on any atom is 0.262 e. The number of benzene rings is 2. The van der Waals surface area contributed by atoms with E-state index in [1.165, 1.54) is 45.5 Å². The Morgan fingerprint density at radius 2 is 1.74 bits per heavy atom. The summed E-state index contributed by atoms with van der Waals surface area (Å²) in [6.45, 7) is 3.12. The van der Waals surface area contributed by atoms with Crippen LogP contribution in [-0.2, 0) is 9.53 Å². The van der Waals surface area contributed by atoms with Crippen molar-refractivity contribution in [3.8, 4) is 0 Å². The van der Waals surface area contributed by atoms with Crippen LogP contribution in [0.3, 0.4) is 0 Å². The Kier molecular flexibility index (Phi) is 8.21. The van der Waals surface area contributed by atoms with E-state index in [0.717, 1.165) is 18.0 Å². The quantitative estimate of drug-likeness (QED) is 0.432. The number of ether oxygens (including phenoxy) is 1. The number of rotatable bonds is 8. The van der Waals surface area contributed by atoms with Gasteiger partial charge in [0, 0.05) is 43.0 Å². The summed E-state index contributed by atoms with van der Waals surface area (Å²) >= 11 is 1.49. The van der Waals surface area contributed by atoms with Gasteiger partial charge >= 0.3 is 0 Å². The second-order valence-corrected chi connectivity index (χ2v) is 10.1. The van der Waals surface area contributed by atoms with Gasteiger partial charge in [-0.1, -0.05) is 36.4 Å². The molecule has 3 heterocycles. The fraction of sp³-hybridized carbons (Fsp3) is 0.321. The average molecular weight is 539 g/mol. The van der Waals surface area contributed by atoms with Crippen LogP contribution < -0.4 is 0 Å². The summed E-state index contributed by atoms with van der Waals surface area (Å²) in [6.07, 6.45) is 0.349. The summed E-state index contributed by atoms with van der Waals surface area (Å²) in [6, 6.07) is 15.5. The first-order valence-corrected chi connectivity index (χ1v) is 13.4. The van der Waals surface area contributed by atoms with Crippen molar-refractivity contribution in [2.45, 2.75) is 12.5 Å². The number of halogens is 2. The van der Waals surface area contributed by atoms with Crippen LogP contribution in [0.25, 0.3) is 0 Å². The Bertz CT molecular complexity index is 1310. The number of hydrazone groups is 1. The highest BCUT2D eigenvalue weighted by Gasteiger charge is 2.36. The van der Waals surface area contributed by atoms with Crippen LogP contribution in [0.15, 0.2) is 71.1 Å². The lowest BCUT2D eigenvalue weighted by Gasteiger charge is -2.31. The number of carbonyl (C=O) groups is 2. The van der Waals surface area contributed by atoms with Crippen LogP contribution in [0.2, 0.25) is 0 Å². The fourth-order valence-corrected chi connectivity index (χ4v) is 5.49. The second kappa shape index (κ2) is 11.9. The van der Waals surface area contributed by atoms with Crippen LogP contribution in [0, 0.1) is 11.6 Å². The Hall–Kier alpha value is -3.47. The molecular formula is C28H28F2N4O3S. The highest BCUT2D eigenvalue weighted by Crippen LogP contribution is 2.35. The van der Waals surface area contributed by atoms with E-state index in [4.69, 9.17) is 4.74 Å². The molecule has 5 rings (SSSR count). The number of nitrogens with zero attached hydrogens (tertiary/aromatic N) is 4. The van der Waals surface area contributed by atoms with E-state index >= 15 is 0 Å². The third-order valence-electron chi connectivity index (χ3n) is 6.73. The predicted octanol–water partition coefficient (Wildman–Crippen LogP) is 4.18. The molecule has 0 radical (unpaired) electrons. The molecule has 198 valence electrons. The number of hydrogen-bond acceptors (Lipinski definition) is 6. The van der Waals surface area contributed by atoms with Gasteiger partial charge in [0.25, 0.3) is 11.8 Å². The van der Waals surface area contributed by atoms with E-state index < -0.39 is 29.5 Å². The summed E-state index contributed by atoms with van der Waals surface area (Å²) in [5.74, 6) is -2.03. The zero-order valence-corrected chi connectivity index (χ0v) is 21.6. The molecule has 10 heteroatoms. The number of morpholine rings is 1. The van der Waals surface area contributed by atoms with E-state index in [1.54, 1.807) is 24.3 Å². The van der Waals surface area contributed by atoms with Gasteiger partial charge in [-0.3, -0.25) is 14.5 Å². The molecule has 0 bridgehead atoms. The lowest BCUT2D eigenvalue weighted by Crippen LogP contribution is -2.46. The van der Waals surface area contributed by atoms with Crippen LogP contribution >= 0.6 is 11.3 Å². The lowest BCUT2D eigenvalue weighted by molar-refractivity contribution is -0.133. The zero-order chi connectivity index (χ0) is 26.5. The minimum absolute atomic E-state index is 0.0888. The maximum absolute atomic E-state index is 14.6. The highest BCUT2D eigenvalue weighted by molar-refractivity contribution is 7.10. The highest BCUT2D eigenvalue weighted by atomic mass is 32.1. The third-order valence-corrected chi connectivity index (χ3v) is 7.70. The Morgan fingerprint density at radius 3 is 2.45 bits per heavy atom. The van der Waals surface area contributed by atoms with E-state index in [0.29, 0.717) is 37.5 Å². The van der Waals surface area contributed by atoms with E-state index in [1.807, 2.05) is 17.5 Å². The molecule has 3 aromatic rings. The van der Waals surface area contributed by atoms with Gasteiger partial charge in [0.05, 0.1) is 30.5 Å². The Balaban J connectivity index is 1.40. The molecule has 1 atom stereocenters. The van der Waals surface area contributed by atoms with Crippen molar-refractivity contribution in [2.75, 3.05) is 45.9 Å². The van der Waals surface area contributed by atoms with Crippen molar-refractivity contribution in [3.05, 3.63) is 93.7 Å². The minimum atomic E-state index is -0.640. The van der Waals surface area contributed by atoms with Crippen molar-refractivity contribution < 1.29 is 23.1 Å². The third kappa shape index (κ3) is 5.82. The van der Waals surface area contributed by atoms with Crippen LogP contribution in [0.4, 0.5) is 8.78 Å². The van der Waals surface area contributed by atoms with Crippen molar-refractivity contribution in [1.29, 1.82) is 0 Å². The van der Waals surface area contributed by atoms with Gasteiger partial charge in [0.15, 0.2) is 0 Å². The smallest absolute Gasteiger partial charge is 0.262 e. The monoisotopic (exact) mass is 538 g/mol. The first-order valence-electron chi connectivity index (χ1n) is 12.5. The van der Waals surface area contributed by atoms with Gasteiger partial charge in [-0.15, -0.1) is 11.3 Å². The first-order chi connectivity index (χ1) is 18.5. The summed E-state index contributed by atoms with van der Waals surface area (Å²) in [5, 5.41) is 7.80. The maximum atomic E-state index is 14.6. The number of thiophene rings is 1. The number of amides is 2. The second-order valence-electron chi connectivity index (χ2n) is 9.16. The fourth-order valence-electron chi connectivity index (χ4n) is 4.68.